The highest BCUT2D eigenvalue weighted by Crippen LogP contribution is 2.32. The van der Waals surface area contributed by atoms with Gasteiger partial charge < -0.3 is 18.9 Å². The monoisotopic (exact) mass is 411 g/mol. The van der Waals surface area contributed by atoms with Crippen molar-refractivity contribution in [2.24, 2.45) is 7.05 Å². The number of likely N-dealkylation sites (N-methyl/N-ethyl adjacent to an activating group) is 1. The van der Waals surface area contributed by atoms with E-state index in [1.165, 1.54) is 4.57 Å². The van der Waals surface area contributed by atoms with Crippen LogP contribution in [0.5, 0.6) is 11.5 Å². The van der Waals surface area contributed by atoms with Gasteiger partial charge in [0.15, 0.2) is 22.7 Å². The lowest BCUT2D eigenvalue weighted by molar-refractivity contribution is 0.355. The molecular formula is C21H25N5O4. The molecule has 1 aromatic carbocycles. The summed E-state index contributed by atoms with van der Waals surface area (Å²) in [5, 5.41) is 0. The fourth-order valence-electron chi connectivity index (χ4n) is 3.33. The van der Waals surface area contributed by atoms with Crippen LogP contribution in [0.1, 0.15) is 0 Å². The van der Waals surface area contributed by atoms with E-state index in [1.54, 1.807) is 38.0 Å². The lowest BCUT2D eigenvalue weighted by atomic mass is 10.2. The zero-order valence-electron chi connectivity index (χ0n) is 17.8. The number of aryl methyl sites for hydroxylation is 1. The van der Waals surface area contributed by atoms with Crippen molar-refractivity contribution in [1.29, 1.82) is 0 Å². The smallest absolute Gasteiger partial charge is 0.333 e. The third kappa shape index (κ3) is 3.57. The Morgan fingerprint density at radius 1 is 1.13 bits per heavy atom. The van der Waals surface area contributed by atoms with Gasteiger partial charge in [0, 0.05) is 25.7 Å². The number of terminal acetylenes is 1. The van der Waals surface area contributed by atoms with Crippen LogP contribution in [0.15, 0.2) is 27.8 Å². The maximum absolute atomic E-state index is 13.1. The molecule has 2 aromatic heterocycles. The number of nitrogens with zero attached hydrogens (tertiary/aromatic N) is 5. The minimum absolute atomic E-state index is 0.105. The molecule has 0 aliphatic carbocycles. The van der Waals surface area contributed by atoms with E-state index in [9.17, 15) is 9.59 Å². The number of imidazole rings is 1. The lowest BCUT2D eigenvalue weighted by Crippen LogP contribution is -2.41. The van der Waals surface area contributed by atoms with Crippen molar-refractivity contribution >= 4 is 11.2 Å². The molecule has 9 heteroatoms. The fraction of sp³-hybridized carbons (Fsp3) is 0.381. The molecule has 2 heterocycles. The zero-order chi connectivity index (χ0) is 22.0. The molecule has 0 saturated carbocycles. The second kappa shape index (κ2) is 8.47. The summed E-state index contributed by atoms with van der Waals surface area (Å²) in [6, 6.07) is 5.37. The van der Waals surface area contributed by atoms with Gasteiger partial charge in [-0.05, 0) is 32.3 Å². The first-order valence-electron chi connectivity index (χ1n) is 9.34. The average molecular weight is 411 g/mol. The van der Waals surface area contributed by atoms with Crippen LogP contribution in [-0.2, 0) is 20.1 Å². The molecule has 0 aliphatic rings. The Balaban J connectivity index is 2.32. The first kappa shape index (κ1) is 21.2. The van der Waals surface area contributed by atoms with Crippen LogP contribution < -0.4 is 20.7 Å². The molecule has 0 N–H and O–H groups in total. The van der Waals surface area contributed by atoms with Crippen molar-refractivity contribution < 1.29 is 9.47 Å². The molecule has 0 radical (unpaired) electrons. The molecule has 30 heavy (non-hydrogen) atoms. The summed E-state index contributed by atoms with van der Waals surface area (Å²) in [6.45, 7) is 0.869. The minimum Gasteiger partial charge on any atom is -0.493 e. The van der Waals surface area contributed by atoms with Crippen LogP contribution in [0.4, 0.5) is 0 Å². The second-order valence-corrected chi connectivity index (χ2v) is 7.07. The van der Waals surface area contributed by atoms with E-state index < -0.39 is 11.2 Å². The van der Waals surface area contributed by atoms with E-state index >= 15 is 0 Å². The lowest BCUT2D eigenvalue weighted by Gasteiger charge is -2.13. The maximum Gasteiger partial charge on any atom is 0.333 e. The Bertz CT molecular complexity index is 1240. The van der Waals surface area contributed by atoms with Crippen LogP contribution in [0, 0.1) is 12.3 Å². The van der Waals surface area contributed by atoms with Gasteiger partial charge in [-0.25, -0.2) is 14.3 Å². The summed E-state index contributed by atoms with van der Waals surface area (Å²) in [5.74, 6) is 4.04. The van der Waals surface area contributed by atoms with E-state index in [4.69, 9.17) is 15.9 Å². The number of benzene rings is 1. The van der Waals surface area contributed by atoms with Crippen molar-refractivity contribution in [2.45, 2.75) is 13.1 Å². The molecule has 9 nitrogen and oxygen atoms in total. The number of rotatable bonds is 7. The van der Waals surface area contributed by atoms with Crippen molar-refractivity contribution in [1.82, 2.24) is 23.6 Å². The van der Waals surface area contributed by atoms with Gasteiger partial charge in [0.2, 0.25) is 0 Å². The predicted molar refractivity (Wildman–Crippen MR) is 115 cm³/mol. The van der Waals surface area contributed by atoms with Crippen molar-refractivity contribution in [3.05, 3.63) is 39.0 Å². The number of aromatic nitrogens is 4. The van der Waals surface area contributed by atoms with Crippen molar-refractivity contribution in [2.75, 3.05) is 34.9 Å². The Hall–Kier alpha value is -3.51. The largest absolute Gasteiger partial charge is 0.493 e. The molecule has 158 valence electrons. The van der Waals surface area contributed by atoms with Crippen LogP contribution in [-0.4, -0.2) is 58.4 Å². The third-order valence-corrected chi connectivity index (χ3v) is 4.90. The van der Waals surface area contributed by atoms with Crippen LogP contribution in [0.2, 0.25) is 0 Å². The summed E-state index contributed by atoms with van der Waals surface area (Å²) in [4.78, 5) is 32.6. The van der Waals surface area contributed by atoms with Gasteiger partial charge in [-0.15, -0.1) is 6.42 Å². The van der Waals surface area contributed by atoms with E-state index in [2.05, 4.69) is 10.9 Å². The van der Waals surface area contributed by atoms with Gasteiger partial charge >= 0.3 is 5.69 Å². The molecule has 0 saturated heterocycles. The zero-order valence-corrected chi connectivity index (χ0v) is 17.8. The quantitative estimate of drug-likeness (QED) is 0.534. The number of hydrogen-bond acceptors (Lipinski definition) is 6. The molecule has 0 amide bonds. The van der Waals surface area contributed by atoms with Crippen LogP contribution in [0.3, 0.4) is 0 Å². The Morgan fingerprint density at radius 2 is 1.83 bits per heavy atom. The van der Waals surface area contributed by atoms with Gasteiger partial charge in [-0.2, -0.15) is 0 Å². The Labute approximate surface area is 174 Å². The molecule has 0 bridgehead atoms. The van der Waals surface area contributed by atoms with Crippen LogP contribution >= 0.6 is 0 Å². The molecule has 0 unspecified atom stereocenters. The van der Waals surface area contributed by atoms with Gasteiger partial charge in [-0.1, -0.05) is 5.92 Å². The summed E-state index contributed by atoms with van der Waals surface area (Å²) < 4.78 is 14.9. The highest BCUT2D eigenvalue weighted by atomic mass is 16.5. The van der Waals surface area contributed by atoms with Crippen LogP contribution in [0.25, 0.3) is 22.6 Å². The highest BCUT2D eigenvalue weighted by molar-refractivity contribution is 5.77. The van der Waals surface area contributed by atoms with E-state index in [-0.39, 0.29) is 6.54 Å². The first-order chi connectivity index (χ1) is 14.3. The molecule has 0 aliphatic heterocycles. The molecule has 0 spiro atoms. The molecular weight excluding hydrogens is 386 g/mol. The molecule has 0 fully saturated rings. The van der Waals surface area contributed by atoms with Gasteiger partial charge in [-0.3, -0.25) is 9.36 Å². The Kier molecular flexibility index (Phi) is 5.99. The maximum atomic E-state index is 13.1. The summed E-state index contributed by atoms with van der Waals surface area (Å²) in [6.07, 6.45) is 5.39. The highest BCUT2D eigenvalue weighted by Gasteiger charge is 2.21. The molecule has 3 aromatic rings. The standard InChI is InChI=1S/C21H25N5O4/c1-7-10-26-20(27)17-19(25(21(26)28)12-11-23(2)3)22-18(24(17)4)14-8-9-15(29-5)16(13-14)30-6/h1,8-9,13H,10-12H2,2-6H3. The normalized spacial score (nSPS) is 11.1. The summed E-state index contributed by atoms with van der Waals surface area (Å²) in [7, 11) is 8.67. The predicted octanol–water partition coefficient (Wildman–Crippen LogP) is 0.776. The topological polar surface area (TPSA) is 83.5 Å². The molecule has 0 atom stereocenters. The number of hydrogen-bond donors (Lipinski definition) is 0. The number of ether oxygens (including phenoxy) is 2. The number of fused-ring (bicyclic) bond motifs is 1. The molecule has 3 rings (SSSR count). The number of methoxy groups -OCH3 is 2. The van der Waals surface area contributed by atoms with Crippen molar-refractivity contribution in [3.63, 3.8) is 0 Å². The van der Waals surface area contributed by atoms with E-state index in [1.807, 2.05) is 25.1 Å². The SMILES string of the molecule is C#CCn1c(=O)c2c(nc(-c3ccc(OC)c(OC)c3)n2C)n(CCN(C)C)c1=O. The average Bonchev–Trinajstić information content (AvgIpc) is 3.07. The Morgan fingerprint density at radius 3 is 2.43 bits per heavy atom. The van der Waals surface area contributed by atoms with Gasteiger partial charge in [0.1, 0.15) is 5.82 Å². The van der Waals surface area contributed by atoms with Gasteiger partial charge in [0.05, 0.1) is 20.8 Å². The summed E-state index contributed by atoms with van der Waals surface area (Å²) >= 11 is 0. The van der Waals surface area contributed by atoms with E-state index in [0.29, 0.717) is 41.6 Å². The van der Waals surface area contributed by atoms with Gasteiger partial charge in [0.25, 0.3) is 5.56 Å². The fourth-order valence-corrected chi connectivity index (χ4v) is 3.33. The minimum atomic E-state index is -0.468. The van der Waals surface area contributed by atoms with E-state index in [0.717, 1.165) is 10.1 Å². The third-order valence-electron chi connectivity index (χ3n) is 4.90. The van der Waals surface area contributed by atoms with Crippen molar-refractivity contribution in [3.8, 4) is 35.2 Å². The first-order valence-corrected chi connectivity index (χ1v) is 9.34. The summed E-state index contributed by atoms with van der Waals surface area (Å²) in [5.41, 5.74) is 0.432. The second-order valence-electron chi connectivity index (χ2n) is 7.07.